The number of anilines is 1. The van der Waals surface area contributed by atoms with E-state index in [1.807, 2.05) is 24.3 Å². The summed E-state index contributed by atoms with van der Waals surface area (Å²) >= 11 is 0. The molecule has 1 aromatic heterocycles. The van der Waals surface area contributed by atoms with E-state index in [0.717, 1.165) is 17.7 Å². The second-order valence-electron chi connectivity index (χ2n) is 6.96. The third kappa shape index (κ3) is 4.02. The van der Waals surface area contributed by atoms with Crippen molar-refractivity contribution < 1.29 is 18.7 Å². The van der Waals surface area contributed by atoms with Gasteiger partial charge in [-0.2, -0.15) is 0 Å². The minimum Gasteiger partial charge on any atom is -0.454 e. The van der Waals surface area contributed by atoms with E-state index in [4.69, 9.17) is 9.15 Å². The molecule has 2 amide bonds. The van der Waals surface area contributed by atoms with Crippen LogP contribution in [0.15, 0.2) is 40.8 Å². The topological polar surface area (TPSA) is 71.8 Å². The van der Waals surface area contributed by atoms with Gasteiger partial charge in [-0.3, -0.25) is 4.79 Å². The number of carbonyl (C=O) groups is 2. The van der Waals surface area contributed by atoms with Crippen molar-refractivity contribution in [1.82, 2.24) is 5.32 Å². The fourth-order valence-electron chi connectivity index (χ4n) is 2.74. The lowest BCUT2D eigenvalue weighted by atomic mass is 10.2. The van der Waals surface area contributed by atoms with Gasteiger partial charge >= 0.3 is 6.09 Å². The Bertz CT molecular complexity index is 789. The summed E-state index contributed by atoms with van der Waals surface area (Å²) in [5, 5.41) is 2.61. The third-order valence-corrected chi connectivity index (χ3v) is 3.81. The van der Waals surface area contributed by atoms with Crippen molar-refractivity contribution in [2.45, 2.75) is 39.3 Å². The summed E-state index contributed by atoms with van der Waals surface area (Å²) in [6.07, 6.45) is 0.320. The van der Waals surface area contributed by atoms with Crippen molar-refractivity contribution in [1.29, 1.82) is 0 Å². The number of amides is 2. The van der Waals surface area contributed by atoms with Crippen molar-refractivity contribution in [2.75, 3.05) is 11.4 Å². The molecule has 0 radical (unpaired) electrons. The maximum absolute atomic E-state index is 12.7. The Hall–Kier alpha value is -2.76. The molecule has 6 nitrogen and oxygen atoms in total. The molecular weight excluding hydrogens is 320 g/mol. The summed E-state index contributed by atoms with van der Waals surface area (Å²) in [6, 6.07) is 11.2. The third-order valence-electron chi connectivity index (χ3n) is 3.81. The van der Waals surface area contributed by atoms with E-state index in [1.165, 1.54) is 0 Å². The molecule has 2 aromatic rings. The second kappa shape index (κ2) is 6.63. The Balaban J connectivity index is 1.62. The van der Waals surface area contributed by atoms with E-state index in [9.17, 15) is 9.59 Å². The number of hydrogen-bond acceptors (Lipinski definition) is 4. The molecule has 6 heteroatoms. The van der Waals surface area contributed by atoms with Gasteiger partial charge in [-0.1, -0.05) is 18.2 Å². The number of furan rings is 1. The average molecular weight is 342 g/mol. The van der Waals surface area contributed by atoms with Crippen LogP contribution in [0.4, 0.5) is 10.5 Å². The molecule has 1 aromatic carbocycles. The zero-order chi connectivity index (χ0) is 18.0. The van der Waals surface area contributed by atoms with Crippen LogP contribution in [-0.4, -0.2) is 24.1 Å². The average Bonchev–Trinajstić information content (AvgIpc) is 3.18. The first-order chi connectivity index (χ1) is 11.8. The van der Waals surface area contributed by atoms with Crippen LogP contribution in [0.2, 0.25) is 0 Å². The van der Waals surface area contributed by atoms with Crippen LogP contribution in [0, 0.1) is 0 Å². The van der Waals surface area contributed by atoms with E-state index in [1.54, 1.807) is 37.8 Å². The maximum Gasteiger partial charge on any atom is 0.408 e. The largest absolute Gasteiger partial charge is 0.454 e. The van der Waals surface area contributed by atoms with Crippen LogP contribution in [0.25, 0.3) is 0 Å². The molecule has 0 bridgehead atoms. The lowest BCUT2D eigenvalue weighted by molar-refractivity contribution is 0.0520. The van der Waals surface area contributed by atoms with Crippen molar-refractivity contribution in [2.24, 2.45) is 0 Å². The van der Waals surface area contributed by atoms with Gasteiger partial charge in [0.05, 0.1) is 6.54 Å². The summed E-state index contributed by atoms with van der Waals surface area (Å²) in [5.41, 5.74) is 1.53. The van der Waals surface area contributed by atoms with Crippen molar-refractivity contribution in [3.63, 3.8) is 0 Å². The molecule has 2 heterocycles. The Morgan fingerprint density at radius 1 is 1.20 bits per heavy atom. The van der Waals surface area contributed by atoms with Gasteiger partial charge in [0.2, 0.25) is 0 Å². The first kappa shape index (κ1) is 17.1. The van der Waals surface area contributed by atoms with Crippen LogP contribution < -0.4 is 10.2 Å². The number of carbonyl (C=O) groups excluding carboxylic acids is 2. The number of nitrogens with one attached hydrogen (secondary N) is 1. The Labute approximate surface area is 146 Å². The van der Waals surface area contributed by atoms with Gasteiger partial charge in [0.1, 0.15) is 11.4 Å². The molecule has 0 unspecified atom stereocenters. The number of ether oxygens (including phenoxy) is 1. The number of benzene rings is 1. The highest BCUT2D eigenvalue weighted by molar-refractivity contribution is 6.05. The number of nitrogens with zero attached hydrogens (tertiary/aromatic N) is 1. The highest BCUT2D eigenvalue weighted by Gasteiger charge is 2.27. The summed E-state index contributed by atoms with van der Waals surface area (Å²) in [5.74, 6) is 0.591. The summed E-state index contributed by atoms with van der Waals surface area (Å²) < 4.78 is 10.8. The van der Waals surface area contributed by atoms with Crippen molar-refractivity contribution in [3.05, 3.63) is 53.5 Å². The Morgan fingerprint density at radius 3 is 2.72 bits per heavy atom. The monoisotopic (exact) mass is 342 g/mol. The first-order valence-corrected chi connectivity index (χ1v) is 8.29. The Kier molecular flexibility index (Phi) is 4.53. The van der Waals surface area contributed by atoms with E-state index >= 15 is 0 Å². The molecule has 0 spiro atoms. The number of alkyl carbamates (subject to hydrolysis) is 1. The van der Waals surface area contributed by atoms with Crippen LogP contribution in [0.5, 0.6) is 0 Å². The van der Waals surface area contributed by atoms with E-state index in [2.05, 4.69) is 5.32 Å². The number of fused-ring (bicyclic) bond motifs is 1. The molecular formula is C19H22N2O4. The quantitative estimate of drug-likeness (QED) is 0.926. The number of rotatable bonds is 3. The lowest BCUT2D eigenvalue weighted by Crippen LogP contribution is -2.32. The van der Waals surface area contributed by atoms with Crippen LogP contribution in [0.1, 0.15) is 42.6 Å². The zero-order valence-electron chi connectivity index (χ0n) is 14.7. The molecule has 1 aliphatic rings. The van der Waals surface area contributed by atoms with E-state index < -0.39 is 11.7 Å². The van der Waals surface area contributed by atoms with Gasteiger partial charge < -0.3 is 19.4 Å². The molecule has 3 rings (SSSR count). The highest BCUT2D eigenvalue weighted by Crippen LogP contribution is 2.29. The molecule has 0 fully saturated rings. The van der Waals surface area contributed by atoms with E-state index in [-0.39, 0.29) is 18.2 Å². The summed E-state index contributed by atoms with van der Waals surface area (Å²) in [6.45, 7) is 6.20. The van der Waals surface area contributed by atoms with Crippen LogP contribution in [-0.2, 0) is 17.7 Å². The molecule has 1 N–H and O–H groups in total. The van der Waals surface area contributed by atoms with Gasteiger partial charge in [-0.15, -0.1) is 0 Å². The van der Waals surface area contributed by atoms with E-state index in [0.29, 0.717) is 12.3 Å². The Morgan fingerprint density at radius 2 is 1.96 bits per heavy atom. The van der Waals surface area contributed by atoms with Crippen molar-refractivity contribution >= 4 is 17.7 Å². The normalized spacial score (nSPS) is 13.5. The zero-order valence-corrected chi connectivity index (χ0v) is 14.7. The second-order valence-corrected chi connectivity index (χ2v) is 6.96. The van der Waals surface area contributed by atoms with Gasteiger partial charge in [-0.25, -0.2) is 4.79 Å². The smallest absolute Gasteiger partial charge is 0.408 e. The number of para-hydroxylation sites is 1. The van der Waals surface area contributed by atoms with Gasteiger partial charge in [0.25, 0.3) is 5.91 Å². The molecule has 0 saturated carbocycles. The van der Waals surface area contributed by atoms with Crippen molar-refractivity contribution in [3.8, 4) is 0 Å². The molecule has 0 aliphatic carbocycles. The predicted molar refractivity (Wildman–Crippen MR) is 93.6 cm³/mol. The molecule has 1 aliphatic heterocycles. The number of hydrogen-bond donors (Lipinski definition) is 1. The molecule has 0 saturated heterocycles. The van der Waals surface area contributed by atoms with Gasteiger partial charge in [0, 0.05) is 12.2 Å². The maximum atomic E-state index is 12.7. The SMILES string of the molecule is CC(C)(C)OC(=O)NCc1ccc(C(=O)N2CCc3ccccc32)o1. The molecule has 0 atom stereocenters. The lowest BCUT2D eigenvalue weighted by Gasteiger charge is -2.19. The van der Waals surface area contributed by atoms with Crippen LogP contribution in [0.3, 0.4) is 0 Å². The molecule has 25 heavy (non-hydrogen) atoms. The van der Waals surface area contributed by atoms with Crippen LogP contribution >= 0.6 is 0 Å². The predicted octanol–water partition coefficient (Wildman–Crippen LogP) is 3.51. The minimum absolute atomic E-state index is 0.165. The first-order valence-electron chi connectivity index (χ1n) is 8.29. The summed E-state index contributed by atoms with van der Waals surface area (Å²) in [7, 11) is 0. The molecule has 132 valence electrons. The van der Waals surface area contributed by atoms with Gasteiger partial charge in [-0.05, 0) is 51.0 Å². The fraction of sp³-hybridized carbons (Fsp3) is 0.368. The summed E-state index contributed by atoms with van der Waals surface area (Å²) in [4.78, 5) is 26.1. The van der Waals surface area contributed by atoms with Gasteiger partial charge in [0.15, 0.2) is 5.76 Å². The standard InChI is InChI=1S/C19H22N2O4/c1-19(2,3)25-18(23)20-12-14-8-9-16(24-14)17(22)21-11-10-13-6-4-5-7-15(13)21/h4-9H,10-12H2,1-3H3,(H,20,23). The highest BCUT2D eigenvalue weighted by atomic mass is 16.6. The fourth-order valence-corrected chi connectivity index (χ4v) is 2.74. The minimum atomic E-state index is -0.558.